The third-order valence-corrected chi connectivity index (χ3v) is 5.47. The zero-order valence-electron chi connectivity index (χ0n) is 17.1. The van der Waals surface area contributed by atoms with E-state index in [0.29, 0.717) is 59.6 Å². The average molecular weight is 487 g/mol. The number of hydrogen-bond acceptors (Lipinski definition) is 6. The van der Waals surface area contributed by atoms with Gasteiger partial charge in [0, 0.05) is 37.6 Å². The molecule has 31 heavy (non-hydrogen) atoms. The normalized spacial score (nSPS) is 13.9. The van der Waals surface area contributed by atoms with E-state index in [1.807, 2.05) is 6.92 Å². The number of nitriles is 1. The second-order valence-electron chi connectivity index (χ2n) is 6.99. The summed E-state index contributed by atoms with van der Waals surface area (Å²) in [6.45, 7) is 3.17. The van der Waals surface area contributed by atoms with Crippen molar-refractivity contribution in [2.24, 2.45) is 0 Å². The molecule has 0 aliphatic carbocycles. The highest BCUT2D eigenvalue weighted by molar-refractivity contribution is 9.10. The Hall–Kier alpha value is -3.12. The summed E-state index contributed by atoms with van der Waals surface area (Å²) in [7, 11) is 0. The first-order valence-corrected chi connectivity index (χ1v) is 10.8. The SMILES string of the molecule is CCOc1cc(C#N)cc(Br)c1OCC(=O)N1CCC(NC(=O)c2cccnc2)CC1. The number of likely N-dealkylation sites (tertiary alicyclic amines) is 1. The van der Waals surface area contributed by atoms with Crippen LogP contribution in [0.1, 0.15) is 35.7 Å². The first-order chi connectivity index (χ1) is 15.0. The van der Waals surface area contributed by atoms with Gasteiger partial charge < -0.3 is 19.7 Å². The molecule has 0 radical (unpaired) electrons. The molecular weight excluding hydrogens is 464 g/mol. The molecule has 0 unspecified atom stereocenters. The van der Waals surface area contributed by atoms with Gasteiger partial charge in [-0.3, -0.25) is 14.6 Å². The van der Waals surface area contributed by atoms with Crippen molar-refractivity contribution in [1.29, 1.82) is 5.26 Å². The van der Waals surface area contributed by atoms with E-state index in [1.165, 1.54) is 6.20 Å². The number of aromatic nitrogens is 1. The molecule has 162 valence electrons. The van der Waals surface area contributed by atoms with Gasteiger partial charge in [-0.25, -0.2) is 0 Å². The molecule has 1 aliphatic rings. The molecule has 0 saturated carbocycles. The number of rotatable bonds is 7. The topological polar surface area (TPSA) is 105 Å². The van der Waals surface area contributed by atoms with Gasteiger partial charge in [-0.1, -0.05) is 0 Å². The number of amides is 2. The maximum Gasteiger partial charge on any atom is 0.260 e. The number of piperidine rings is 1. The number of halogens is 1. The molecule has 1 aromatic carbocycles. The van der Waals surface area contributed by atoms with Gasteiger partial charge in [-0.15, -0.1) is 0 Å². The number of carbonyl (C=O) groups excluding carboxylic acids is 2. The van der Waals surface area contributed by atoms with Crippen LogP contribution < -0.4 is 14.8 Å². The van der Waals surface area contributed by atoms with Crippen molar-refractivity contribution in [2.75, 3.05) is 26.3 Å². The first kappa shape index (κ1) is 22.6. The van der Waals surface area contributed by atoms with Gasteiger partial charge >= 0.3 is 0 Å². The van der Waals surface area contributed by atoms with Gasteiger partial charge in [0.2, 0.25) is 0 Å². The van der Waals surface area contributed by atoms with Crippen molar-refractivity contribution in [2.45, 2.75) is 25.8 Å². The van der Waals surface area contributed by atoms with Gasteiger partial charge in [0.15, 0.2) is 18.1 Å². The van der Waals surface area contributed by atoms with Gasteiger partial charge in [-0.05, 0) is 53.9 Å². The zero-order valence-corrected chi connectivity index (χ0v) is 18.7. The number of pyridine rings is 1. The smallest absolute Gasteiger partial charge is 0.260 e. The zero-order chi connectivity index (χ0) is 22.2. The van der Waals surface area contributed by atoms with Crippen LogP contribution in [0.4, 0.5) is 0 Å². The Kier molecular flexibility index (Phi) is 7.84. The van der Waals surface area contributed by atoms with Crippen LogP contribution in [0.25, 0.3) is 0 Å². The minimum absolute atomic E-state index is 0.00917. The van der Waals surface area contributed by atoms with Crippen molar-refractivity contribution < 1.29 is 19.1 Å². The standard InChI is InChI=1S/C22H23BrN4O4/c1-2-30-19-11-15(12-24)10-18(23)21(19)31-14-20(28)27-8-5-17(6-9-27)26-22(29)16-4-3-7-25-13-16/h3-4,7,10-11,13,17H,2,5-6,8-9,14H2,1H3,(H,26,29). The Balaban J connectivity index is 1.52. The minimum atomic E-state index is -0.157. The molecule has 2 amide bonds. The van der Waals surface area contributed by atoms with E-state index in [1.54, 1.807) is 35.4 Å². The molecule has 1 fully saturated rings. The van der Waals surface area contributed by atoms with E-state index in [4.69, 9.17) is 14.7 Å². The molecule has 2 heterocycles. The van der Waals surface area contributed by atoms with Crippen LogP contribution in [0.2, 0.25) is 0 Å². The Bertz CT molecular complexity index is 969. The summed E-state index contributed by atoms with van der Waals surface area (Å²) in [5.41, 5.74) is 0.955. The molecule has 0 spiro atoms. The number of hydrogen-bond donors (Lipinski definition) is 1. The van der Waals surface area contributed by atoms with Crippen LogP contribution in [0.3, 0.4) is 0 Å². The van der Waals surface area contributed by atoms with E-state index in [-0.39, 0.29) is 24.5 Å². The molecule has 0 atom stereocenters. The van der Waals surface area contributed by atoms with Crippen molar-refractivity contribution in [3.05, 3.63) is 52.3 Å². The lowest BCUT2D eigenvalue weighted by Gasteiger charge is -2.32. The Morgan fingerprint density at radius 2 is 2.10 bits per heavy atom. The lowest BCUT2D eigenvalue weighted by molar-refractivity contribution is -0.134. The minimum Gasteiger partial charge on any atom is -0.490 e. The fourth-order valence-corrected chi connectivity index (χ4v) is 3.86. The predicted molar refractivity (Wildman–Crippen MR) is 117 cm³/mol. The van der Waals surface area contributed by atoms with E-state index >= 15 is 0 Å². The van der Waals surface area contributed by atoms with Gasteiger partial charge in [-0.2, -0.15) is 5.26 Å². The van der Waals surface area contributed by atoms with Gasteiger partial charge in [0.1, 0.15) is 0 Å². The van der Waals surface area contributed by atoms with E-state index in [9.17, 15) is 9.59 Å². The maximum atomic E-state index is 12.6. The molecule has 8 nitrogen and oxygen atoms in total. The molecule has 0 bridgehead atoms. The van der Waals surface area contributed by atoms with Crippen LogP contribution in [-0.2, 0) is 4.79 Å². The van der Waals surface area contributed by atoms with Crippen molar-refractivity contribution in [3.63, 3.8) is 0 Å². The number of nitrogens with zero attached hydrogens (tertiary/aromatic N) is 3. The van der Waals surface area contributed by atoms with Crippen molar-refractivity contribution in [3.8, 4) is 17.6 Å². The molecule has 1 N–H and O–H groups in total. The summed E-state index contributed by atoms with van der Waals surface area (Å²) in [6.07, 6.45) is 4.49. The van der Waals surface area contributed by atoms with Crippen molar-refractivity contribution >= 4 is 27.7 Å². The molecule has 1 aromatic heterocycles. The fourth-order valence-electron chi connectivity index (χ4n) is 3.30. The fraction of sp³-hybridized carbons (Fsp3) is 0.364. The lowest BCUT2D eigenvalue weighted by atomic mass is 10.0. The van der Waals surface area contributed by atoms with E-state index in [2.05, 4.69) is 32.3 Å². The quantitative estimate of drug-likeness (QED) is 0.644. The summed E-state index contributed by atoms with van der Waals surface area (Å²) in [4.78, 5) is 30.6. The Morgan fingerprint density at radius 1 is 1.32 bits per heavy atom. The molecule has 1 saturated heterocycles. The largest absolute Gasteiger partial charge is 0.490 e. The molecule has 9 heteroatoms. The molecule has 1 aliphatic heterocycles. The Morgan fingerprint density at radius 3 is 2.74 bits per heavy atom. The average Bonchev–Trinajstić information content (AvgIpc) is 2.79. The number of nitrogens with one attached hydrogen (secondary N) is 1. The summed E-state index contributed by atoms with van der Waals surface area (Å²) in [5, 5.41) is 12.1. The monoisotopic (exact) mass is 486 g/mol. The number of benzene rings is 1. The molecule has 2 aromatic rings. The summed E-state index contributed by atoms with van der Waals surface area (Å²) in [5.74, 6) is 0.511. The lowest BCUT2D eigenvalue weighted by Crippen LogP contribution is -2.47. The second kappa shape index (κ2) is 10.8. The van der Waals surface area contributed by atoms with Gasteiger partial charge in [0.05, 0.1) is 28.3 Å². The number of ether oxygens (including phenoxy) is 2. The van der Waals surface area contributed by atoms with E-state index in [0.717, 1.165) is 0 Å². The highest BCUT2D eigenvalue weighted by Crippen LogP contribution is 2.36. The first-order valence-electron chi connectivity index (χ1n) is 9.99. The van der Waals surface area contributed by atoms with Crippen LogP contribution in [0.15, 0.2) is 41.1 Å². The summed E-state index contributed by atoms with van der Waals surface area (Å²) >= 11 is 3.38. The van der Waals surface area contributed by atoms with E-state index < -0.39 is 0 Å². The van der Waals surface area contributed by atoms with Crippen LogP contribution in [-0.4, -0.2) is 54.0 Å². The summed E-state index contributed by atoms with van der Waals surface area (Å²) < 4.78 is 11.8. The highest BCUT2D eigenvalue weighted by atomic mass is 79.9. The third kappa shape index (κ3) is 5.95. The highest BCUT2D eigenvalue weighted by Gasteiger charge is 2.25. The predicted octanol–water partition coefficient (Wildman–Crippen LogP) is 2.91. The van der Waals surface area contributed by atoms with Crippen molar-refractivity contribution in [1.82, 2.24) is 15.2 Å². The second-order valence-corrected chi connectivity index (χ2v) is 7.84. The van der Waals surface area contributed by atoms with Crippen LogP contribution in [0.5, 0.6) is 11.5 Å². The Labute approximate surface area is 189 Å². The van der Waals surface area contributed by atoms with Crippen LogP contribution >= 0.6 is 15.9 Å². The third-order valence-electron chi connectivity index (χ3n) is 4.89. The summed E-state index contributed by atoms with van der Waals surface area (Å²) in [6, 6.07) is 8.72. The van der Waals surface area contributed by atoms with Crippen LogP contribution in [0, 0.1) is 11.3 Å². The number of carbonyl (C=O) groups is 2. The molecule has 3 rings (SSSR count). The molecular formula is C22H23BrN4O4. The maximum absolute atomic E-state index is 12.6. The van der Waals surface area contributed by atoms with Gasteiger partial charge in [0.25, 0.3) is 11.8 Å².